The lowest BCUT2D eigenvalue weighted by atomic mass is 10.0. The van der Waals surface area contributed by atoms with Gasteiger partial charge in [0.25, 0.3) is 5.91 Å². The summed E-state index contributed by atoms with van der Waals surface area (Å²) in [6, 6.07) is 12.7. The fourth-order valence-electron chi connectivity index (χ4n) is 5.33. The Kier molecular flexibility index (Phi) is 6.73. The maximum Gasteiger partial charge on any atom is 0.255 e. The summed E-state index contributed by atoms with van der Waals surface area (Å²) in [4.78, 5) is 22.1. The van der Waals surface area contributed by atoms with E-state index < -0.39 is 11.6 Å². The van der Waals surface area contributed by atoms with E-state index in [0.29, 0.717) is 41.2 Å². The third kappa shape index (κ3) is 4.97. The van der Waals surface area contributed by atoms with Crippen molar-refractivity contribution in [2.45, 2.75) is 25.4 Å². The van der Waals surface area contributed by atoms with Gasteiger partial charge in [-0.05, 0) is 54.8 Å². The van der Waals surface area contributed by atoms with Crippen molar-refractivity contribution in [1.82, 2.24) is 24.8 Å². The molecule has 4 aromatic rings. The van der Waals surface area contributed by atoms with Gasteiger partial charge in [-0.3, -0.25) is 9.69 Å². The van der Waals surface area contributed by atoms with Crippen molar-refractivity contribution in [2.24, 2.45) is 0 Å². The van der Waals surface area contributed by atoms with Crippen molar-refractivity contribution < 1.29 is 13.6 Å². The second-order valence-corrected chi connectivity index (χ2v) is 9.81. The first-order valence-electron chi connectivity index (χ1n) is 12.9. The number of nitrogens with zero attached hydrogens (tertiary/aromatic N) is 5. The minimum atomic E-state index is -0.464. The molecule has 0 bridgehead atoms. The van der Waals surface area contributed by atoms with Crippen molar-refractivity contribution >= 4 is 23.1 Å². The van der Waals surface area contributed by atoms with E-state index in [4.69, 9.17) is 4.98 Å². The molecule has 2 aliphatic heterocycles. The van der Waals surface area contributed by atoms with Crippen LogP contribution >= 0.6 is 0 Å². The number of carbonyl (C=O) groups excluding carboxylic acids is 1. The Morgan fingerprint density at radius 1 is 1.05 bits per heavy atom. The monoisotopic (exact) mass is 517 g/mol. The topological polar surface area (TPSA) is 77.8 Å². The molecule has 2 aromatic heterocycles. The lowest BCUT2D eigenvalue weighted by Crippen LogP contribution is -2.42. The van der Waals surface area contributed by atoms with Crippen LogP contribution in [0.3, 0.4) is 0 Å². The summed E-state index contributed by atoms with van der Waals surface area (Å²) in [5.41, 5.74) is 3.00. The number of rotatable bonds is 6. The van der Waals surface area contributed by atoms with Gasteiger partial charge in [0.05, 0.1) is 12.2 Å². The smallest absolute Gasteiger partial charge is 0.255 e. The molecule has 0 radical (unpaired) electrons. The van der Waals surface area contributed by atoms with E-state index in [1.54, 1.807) is 23.0 Å². The summed E-state index contributed by atoms with van der Waals surface area (Å²) in [5, 5.41) is 10.6. The van der Waals surface area contributed by atoms with Crippen LogP contribution in [0.25, 0.3) is 5.65 Å². The minimum Gasteiger partial charge on any atom is -0.349 e. The highest BCUT2D eigenvalue weighted by Crippen LogP contribution is 2.37. The number of benzene rings is 2. The summed E-state index contributed by atoms with van der Waals surface area (Å²) < 4.78 is 30.0. The zero-order chi connectivity index (χ0) is 26.1. The number of fused-ring (bicyclic) bond motifs is 1. The zero-order valence-electron chi connectivity index (χ0n) is 20.9. The molecule has 0 aliphatic carbocycles. The Balaban J connectivity index is 1.20. The largest absolute Gasteiger partial charge is 0.349 e. The van der Waals surface area contributed by atoms with Gasteiger partial charge >= 0.3 is 0 Å². The lowest BCUT2D eigenvalue weighted by molar-refractivity contribution is 0.102. The zero-order valence-corrected chi connectivity index (χ0v) is 20.9. The average Bonchev–Trinajstić information content (AvgIpc) is 3.58. The van der Waals surface area contributed by atoms with E-state index in [1.807, 2.05) is 29.2 Å². The van der Waals surface area contributed by atoms with Crippen molar-refractivity contribution in [3.63, 3.8) is 0 Å². The molecule has 0 saturated carbocycles. The predicted octanol–water partition coefficient (Wildman–Crippen LogP) is 4.01. The van der Waals surface area contributed by atoms with Gasteiger partial charge in [-0.15, -0.1) is 0 Å². The quantitative estimate of drug-likeness (QED) is 0.403. The Morgan fingerprint density at radius 2 is 1.87 bits per heavy atom. The summed E-state index contributed by atoms with van der Waals surface area (Å²) in [7, 11) is 0. The fraction of sp³-hybridized carbons (Fsp3) is 0.321. The van der Waals surface area contributed by atoms with Crippen LogP contribution < -0.4 is 15.5 Å². The summed E-state index contributed by atoms with van der Waals surface area (Å²) in [5.74, 6) is -0.520. The molecule has 0 unspecified atom stereocenters. The van der Waals surface area contributed by atoms with Gasteiger partial charge in [-0.2, -0.15) is 5.10 Å². The third-order valence-electron chi connectivity index (χ3n) is 7.30. The van der Waals surface area contributed by atoms with E-state index in [2.05, 4.69) is 20.6 Å². The van der Waals surface area contributed by atoms with Crippen LogP contribution in [-0.4, -0.2) is 58.1 Å². The Morgan fingerprint density at radius 3 is 2.68 bits per heavy atom. The van der Waals surface area contributed by atoms with Gasteiger partial charge < -0.3 is 15.5 Å². The number of anilines is 2. The number of nitrogens with one attached hydrogen (secondary N) is 2. The Hall–Kier alpha value is -3.89. The highest BCUT2D eigenvalue weighted by Gasteiger charge is 2.30. The molecule has 2 aromatic carbocycles. The molecule has 4 heterocycles. The first-order chi connectivity index (χ1) is 18.5. The van der Waals surface area contributed by atoms with Crippen molar-refractivity contribution in [3.8, 4) is 0 Å². The standard InChI is InChI=1S/C28H29F2N7O/c29-21-7-8-23(30)22(16-21)25-2-1-12-36(25)26-9-13-37-27(34-26)24(17-32-37)33-28(38)20-5-3-19(4-6-20)18-35-14-10-31-11-15-35/h3-9,13,16-17,25,31H,1-2,10-12,14-15,18H2,(H,33,38)/t25-/m1/s1. The summed E-state index contributed by atoms with van der Waals surface area (Å²) in [6.45, 7) is 5.55. The third-order valence-corrected chi connectivity index (χ3v) is 7.30. The molecule has 8 nitrogen and oxygen atoms in total. The van der Waals surface area contributed by atoms with Crippen LogP contribution in [0.2, 0.25) is 0 Å². The van der Waals surface area contributed by atoms with E-state index in [0.717, 1.165) is 45.2 Å². The molecule has 1 amide bonds. The minimum absolute atomic E-state index is 0.248. The molecular formula is C28H29F2N7O. The van der Waals surface area contributed by atoms with Gasteiger partial charge in [0.1, 0.15) is 23.1 Å². The molecule has 2 N–H and O–H groups in total. The maximum absolute atomic E-state index is 14.5. The molecule has 2 saturated heterocycles. The highest BCUT2D eigenvalue weighted by molar-refractivity contribution is 6.06. The normalized spacial score (nSPS) is 18.3. The average molecular weight is 518 g/mol. The van der Waals surface area contributed by atoms with Crippen LogP contribution in [0, 0.1) is 11.6 Å². The van der Waals surface area contributed by atoms with Gasteiger partial charge in [-0.1, -0.05) is 12.1 Å². The van der Waals surface area contributed by atoms with E-state index in [9.17, 15) is 13.6 Å². The van der Waals surface area contributed by atoms with Crippen LogP contribution in [-0.2, 0) is 6.54 Å². The highest BCUT2D eigenvalue weighted by atomic mass is 19.1. The predicted molar refractivity (Wildman–Crippen MR) is 141 cm³/mol. The summed E-state index contributed by atoms with van der Waals surface area (Å²) in [6.07, 6.45) is 4.85. The van der Waals surface area contributed by atoms with Gasteiger partial charge in [-0.25, -0.2) is 18.3 Å². The lowest BCUT2D eigenvalue weighted by Gasteiger charge is -2.27. The number of hydrogen-bond donors (Lipinski definition) is 2. The van der Waals surface area contributed by atoms with Crippen LogP contribution in [0.1, 0.15) is 40.4 Å². The van der Waals surface area contributed by atoms with Crippen LogP contribution in [0.4, 0.5) is 20.3 Å². The molecule has 0 spiro atoms. The number of carbonyl (C=O) groups is 1. The number of hydrogen-bond acceptors (Lipinski definition) is 6. The molecule has 6 rings (SSSR count). The van der Waals surface area contributed by atoms with Crippen LogP contribution in [0.5, 0.6) is 0 Å². The van der Waals surface area contributed by atoms with E-state index in [-0.39, 0.29) is 11.9 Å². The molecule has 196 valence electrons. The van der Waals surface area contributed by atoms with Crippen molar-refractivity contribution in [1.29, 1.82) is 0 Å². The fourth-order valence-corrected chi connectivity index (χ4v) is 5.33. The molecule has 1 atom stereocenters. The second kappa shape index (κ2) is 10.5. The van der Waals surface area contributed by atoms with E-state index in [1.165, 1.54) is 17.7 Å². The van der Waals surface area contributed by atoms with Crippen LogP contribution in [0.15, 0.2) is 60.9 Å². The molecule has 2 aliphatic rings. The summed E-state index contributed by atoms with van der Waals surface area (Å²) >= 11 is 0. The first kappa shape index (κ1) is 24.4. The Labute approximate surface area is 219 Å². The molecular weight excluding hydrogens is 488 g/mol. The Bertz CT molecular complexity index is 1450. The number of piperazine rings is 1. The molecule has 2 fully saturated rings. The number of aromatic nitrogens is 3. The molecule has 38 heavy (non-hydrogen) atoms. The number of halogens is 2. The van der Waals surface area contributed by atoms with Crippen molar-refractivity contribution in [2.75, 3.05) is 42.9 Å². The van der Waals surface area contributed by atoms with Crippen molar-refractivity contribution in [3.05, 3.63) is 89.2 Å². The second-order valence-electron chi connectivity index (χ2n) is 9.81. The molecule has 10 heteroatoms. The van der Waals surface area contributed by atoms with Gasteiger partial charge in [0.15, 0.2) is 5.65 Å². The van der Waals surface area contributed by atoms with Gasteiger partial charge in [0, 0.05) is 56.6 Å². The van der Waals surface area contributed by atoms with E-state index >= 15 is 0 Å². The first-order valence-corrected chi connectivity index (χ1v) is 12.9. The number of amides is 1. The SMILES string of the molecule is O=C(Nc1cnn2ccc(N3CCC[C@@H]3c3cc(F)ccc3F)nc12)c1ccc(CN2CCNCC2)cc1. The van der Waals surface area contributed by atoms with Gasteiger partial charge in [0.2, 0.25) is 0 Å². The maximum atomic E-state index is 14.5.